The smallest absolute Gasteiger partial charge is 0.184 e. The Bertz CT molecular complexity index is 553. The summed E-state index contributed by atoms with van der Waals surface area (Å²) in [7, 11) is 3.29. The van der Waals surface area contributed by atoms with Crippen LogP contribution in [-0.2, 0) is 0 Å². The Morgan fingerprint density at radius 3 is 2.61 bits per heavy atom. The molecule has 0 aliphatic rings. The first-order valence-electron chi connectivity index (χ1n) is 5.92. The number of aromatic nitrogens is 1. The van der Waals surface area contributed by atoms with Crippen LogP contribution < -0.4 is 14.8 Å². The standard InChI is InChI=1S/C14H18N2O2/c1-9(2)16-13-11-5-6-15-8-10(11)7-12(17-3)14(13)18-4/h5-9,16H,1-4H3. The minimum Gasteiger partial charge on any atom is -0.493 e. The zero-order valence-electron chi connectivity index (χ0n) is 11.2. The van der Waals surface area contributed by atoms with Crippen molar-refractivity contribution in [2.24, 2.45) is 0 Å². The van der Waals surface area contributed by atoms with Crippen molar-refractivity contribution in [3.05, 3.63) is 24.5 Å². The molecule has 0 saturated carbocycles. The second-order valence-electron chi connectivity index (χ2n) is 4.38. The summed E-state index contributed by atoms with van der Waals surface area (Å²) < 4.78 is 10.8. The van der Waals surface area contributed by atoms with E-state index in [1.807, 2.05) is 18.3 Å². The van der Waals surface area contributed by atoms with Gasteiger partial charge in [-0.3, -0.25) is 4.98 Å². The molecule has 0 spiro atoms. The van der Waals surface area contributed by atoms with E-state index < -0.39 is 0 Å². The maximum absolute atomic E-state index is 5.47. The fourth-order valence-corrected chi connectivity index (χ4v) is 1.99. The average molecular weight is 246 g/mol. The molecule has 4 nitrogen and oxygen atoms in total. The van der Waals surface area contributed by atoms with Gasteiger partial charge in [0.25, 0.3) is 0 Å². The zero-order valence-corrected chi connectivity index (χ0v) is 11.2. The molecule has 0 radical (unpaired) electrons. The monoisotopic (exact) mass is 246 g/mol. The van der Waals surface area contributed by atoms with E-state index in [-0.39, 0.29) is 0 Å². The lowest BCUT2D eigenvalue weighted by Gasteiger charge is -2.18. The SMILES string of the molecule is COc1cc2cnccc2c(NC(C)C)c1OC. The highest BCUT2D eigenvalue weighted by atomic mass is 16.5. The molecule has 1 N–H and O–H groups in total. The van der Waals surface area contributed by atoms with Crippen LogP contribution in [0.4, 0.5) is 5.69 Å². The van der Waals surface area contributed by atoms with Gasteiger partial charge in [0.1, 0.15) is 0 Å². The van der Waals surface area contributed by atoms with Crippen molar-refractivity contribution in [1.29, 1.82) is 0 Å². The van der Waals surface area contributed by atoms with E-state index in [1.54, 1.807) is 20.4 Å². The molecule has 0 unspecified atom stereocenters. The quantitative estimate of drug-likeness (QED) is 0.900. The number of nitrogens with zero attached hydrogens (tertiary/aromatic N) is 1. The Morgan fingerprint density at radius 1 is 1.22 bits per heavy atom. The number of pyridine rings is 1. The van der Waals surface area contributed by atoms with Gasteiger partial charge in [-0.2, -0.15) is 0 Å². The molecule has 0 bridgehead atoms. The normalized spacial score (nSPS) is 10.7. The first-order chi connectivity index (χ1) is 8.67. The maximum Gasteiger partial charge on any atom is 0.184 e. The molecule has 2 aromatic rings. The summed E-state index contributed by atoms with van der Waals surface area (Å²) in [6.07, 6.45) is 3.60. The molecule has 0 saturated heterocycles. The summed E-state index contributed by atoms with van der Waals surface area (Å²) in [5, 5.41) is 5.52. The lowest BCUT2D eigenvalue weighted by atomic mass is 10.1. The van der Waals surface area contributed by atoms with Crippen LogP contribution in [-0.4, -0.2) is 25.2 Å². The van der Waals surface area contributed by atoms with E-state index in [4.69, 9.17) is 9.47 Å². The molecule has 1 aromatic heterocycles. The van der Waals surface area contributed by atoms with Gasteiger partial charge in [-0.25, -0.2) is 0 Å². The van der Waals surface area contributed by atoms with Gasteiger partial charge in [0.2, 0.25) is 0 Å². The molecule has 1 aromatic carbocycles. The van der Waals surface area contributed by atoms with Crippen LogP contribution in [0.15, 0.2) is 24.5 Å². The zero-order chi connectivity index (χ0) is 13.1. The molecule has 1 heterocycles. The van der Waals surface area contributed by atoms with Gasteiger partial charge < -0.3 is 14.8 Å². The molecule has 0 aliphatic heterocycles. The van der Waals surface area contributed by atoms with Gasteiger partial charge >= 0.3 is 0 Å². The highest BCUT2D eigenvalue weighted by Crippen LogP contribution is 2.41. The Hall–Kier alpha value is -1.97. The summed E-state index contributed by atoms with van der Waals surface area (Å²) in [6.45, 7) is 4.18. The summed E-state index contributed by atoms with van der Waals surface area (Å²) in [5.74, 6) is 1.44. The number of hydrogen-bond acceptors (Lipinski definition) is 4. The number of ether oxygens (including phenoxy) is 2. The number of rotatable bonds is 4. The predicted octanol–water partition coefficient (Wildman–Crippen LogP) is 3.07. The Labute approximate surface area is 107 Å². The molecule has 2 rings (SSSR count). The molecule has 0 aliphatic carbocycles. The third kappa shape index (κ3) is 2.18. The van der Waals surface area contributed by atoms with E-state index in [0.29, 0.717) is 11.8 Å². The Balaban J connectivity index is 2.73. The number of methoxy groups -OCH3 is 2. The third-order valence-electron chi connectivity index (χ3n) is 2.72. The van der Waals surface area contributed by atoms with Crippen molar-refractivity contribution in [3.63, 3.8) is 0 Å². The van der Waals surface area contributed by atoms with Gasteiger partial charge in [-0.05, 0) is 26.0 Å². The molecule has 0 amide bonds. The minimum atomic E-state index is 0.308. The van der Waals surface area contributed by atoms with E-state index in [2.05, 4.69) is 24.1 Å². The van der Waals surface area contributed by atoms with E-state index in [0.717, 1.165) is 22.2 Å². The molecule has 96 valence electrons. The van der Waals surface area contributed by atoms with E-state index >= 15 is 0 Å². The average Bonchev–Trinajstić information content (AvgIpc) is 2.37. The van der Waals surface area contributed by atoms with Crippen LogP contribution in [0, 0.1) is 0 Å². The van der Waals surface area contributed by atoms with E-state index in [1.165, 1.54) is 0 Å². The second kappa shape index (κ2) is 5.12. The topological polar surface area (TPSA) is 43.4 Å². The molecular formula is C14H18N2O2. The number of anilines is 1. The minimum absolute atomic E-state index is 0.308. The van der Waals surface area contributed by atoms with Crippen LogP contribution >= 0.6 is 0 Å². The number of nitrogens with one attached hydrogen (secondary N) is 1. The summed E-state index contributed by atoms with van der Waals surface area (Å²) in [4.78, 5) is 4.14. The molecule has 18 heavy (non-hydrogen) atoms. The van der Waals surface area contributed by atoms with Crippen molar-refractivity contribution in [2.45, 2.75) is 19.9 Å². The number of benzene rings is 1. The van der Waals surface area contributed by atoms with Gasteiger partial charge in [0.05, 0.1) is 19.9 Å². The van der Waals surface area contributed by atoms with Crippen LogP contribution in [0.25, 0.3) is 10.8 Å². The number of fused-ring (bicyclic) bond motifs is 1. The van der Waals surface area contributed by atoms with Crippen LogP contribution in [0.2, 0.25) is 0 Å². The highest BCUT2D eigenvalue weighted by Gasteiger charge is 2.15. The third-order valence-corrected chi connectivity index (χ3v) is 2.72. The van der Waals surface area contributed by atoms with Crippen molar-refractivity contribution < 1.29 is 9.47 Å². The summed E-state index contributed by atoms with van der Waals surface area (Å²) >= 11 is 0. The highest BCUT2D eigenvalue weighted by molar-refractivity contribution is 5.98. The van der Waals surface area contributed by atoms with Gasteiger partial charge in [0, 0.05) is 29.2 Å². The molecule has 4 heteroatoms. The Kier molecular flexibility index (Phi) is 3.55. The second-order valence-corrected chi connectivity index (χ2v) is 4.38. The van der Waals surface area contributed by atoms with Crippen molar-refractivity contribution >= 4 is 16.5 Å². The number of hydrogen-bond donors (Lipinski definition) is 1. The van der Waals surface area contributed by atoms with E-state index in [9.17, 15) is 0 Å². The van der Waals surface area contributed by atoms with Gasteiger partial charge in [-0.1, -0.05) is 0 Å². The van der Waals surface area contributed by atoms with Crippen molar-refractivity contribution in [3.8, 4) is 11.5 Å². The summed E-state index contributed by atoms with van der Waals surface area (Å²) in [5.41, 5.74) is 0.948. The predicted molar refractivity (Wildman–Crippen MR) is 73.6 cm³/mol. The first-order valence-corrected chi connectivity index (χ1v) is 5.92. The molecule has 0 fully saturated rings. The van der Waals surface area contributed by atoms with Gasteiger partial charge in [-0.15, -0.1) is 0 Å². The molecule has 0 atom stereocenters. The van der Waals surface area contributed by atoms with Crippen molar-refractivity contribution in [2.75, 3.05) is 19.5 Å². The maximum atomic E-state index is 5.47. The van der Waals surface area contributed by atoms with Crippen molar-refractivity contribution in [1.82, 2.24) is 4.98 Å². The van der Waals surface area contributed by atoms with Crippen LogP contribution in [0.5, 0.6) is 11.5 Å². The fourth-order valence-electron chi connectivity index (χ4n) is 1.99. The fraction of sp³-hybridized carbons (Fsp3) is 0.357. The first kappa shape index (κ1) is 12.5. The Morgan fingerprint density at radius 2 is 2.00 bits per heavy atom. The lowest BCUT2D eigenvalue weighted by molar-refractivity contribution is 0.357. The molecular weight excluding hydrogens is 228 g/mol. The lowest BCUT2D eigenvalue weighted by Crippen LogP contribution is -2.11. The summed E-state index contributed by atoms with van der Waals surface area (Å²) in [6, 6.07) is 4.22. The largest absolute Gasteiger partial charge is 0.493 e. The van der Waals surface area contributed by atoms with Gasteiger partial charge in [0.15, 0.2) is 11.5 Å². The van der Waals surface area contributed by atoms with Crippen LogP contribution in [0.3, 0.4) is 0 Å². The van der Waals surface area contributed by atoms with Crippen LogP contribution in [0.1, 0.15) is 13.8 Å².